The molecule has 0 amide bonds. The van der Waals surface area contributed by atoms with Crippen molar-refractivity contribution in [1.82, 2.24) is 0 Å². The fourth-order valence-electron chi connectivity index (χ4n) is 1.73. The minimum Gasteiger partial charge on any atom is -0.508 e. The molecule has 0 heterocycles. The zero-order valence-corrected chi connectivity index (χ0v) is 14.0. The zero-order chi connectivity index (χ0) is 13.7. The van der Waals surface area contributed by atoms with Crippen LogP contribution in [0.25, 0.3) is 0 Å². The zero-order valence-electron chi connectivity index (χ0n) is 10.3. The van der Waals surface area contributed by atoms with Gasteiger partial charge in [-0.2, -0.15) is 0 Å². The van der Waals surface area contributed by atoms with Crippen LogP contribution in [0.3, 0.4) is 0 Å². The Bertz CT molecular complexity index is 560. The van der Waals surface area contributed by atoms with Crippen LogP contribution in [0.15, 0.2) is 52.3 Å². The number of hydrogen-bond donors (Lipinski definition) is 1. The minimum atomic E-state index is 0.287. The van der Waals surface area contributed by atoms with Gasteiger partial charge in [0, 0.05) is 14.8 Å². The molecule has 0 radical (unpaired) electrons. The van der Waals surface area contributed by atoms with Crippen LogP contribution < -0.4 is 0 Å². The summed E-state index contributed by atoms with van der Waals surface area (Å²) in [5, 5.41) is 10.3. The van der Waals surface area contributed by atoms with Crippen LogP contribution in [0.4, 0.5) is 0 Å². The summed E-state index contributed by atoms with van der Waals surface area (Å²) in [6.07, 6.45) is 2.18. The quantitative estimate of drug-likeness (QED) is 0.520. The maximum absolute atomic E-state index is 9.45. The summed E-state index contributed by atoms with van der Waals surface area (Å²) >= 11 is 10.3. The molecule has 0 atom stereocenters. The number of halogens is 2. The van der Waals surface area contributed by atoms with Crippen LogP contribution in [0.1, 0.15) is 12.0 Å². The molecule has 1 N–H and O–H groups in total. The second-order valence-corrected chi connectivity index (χ2v) is 6.78. The first-order valence-electron chi connectivity index (χ1n) is 6.00. The van der Waals surface area contributed by atoms with Crippen LogP contribution in [0.2, 0.25) is 5.02 Å². The van der Waals surface area contributed by atoms with Gasteiger partial charge in [0.1, 0.15) is 5.75 Å². The molecular formula is C15H14ClIOS. The Morgan fingerprint density at radius 3 is 2.58 bits per heavy atom. The van der Waals surface area contributed by atoms with Crippen LogP contribution in [-0.4, -0.2) is 9.53 Å². The van der Waals surface area contributed by atoms with E-state index in [0.717, 1.165) is 32.1 Å². The first-order chi connectivity index (χ1) is 9.19. The number of aryl methyl sites for hydroxylation is 1. The fourth-order valence-corrected chi connectivity index (χ4v) is 3.37. The van der Waals surface area contributed by atoms with Crippen molar-refractivity contribution < 1.29 is 5.11 Å². The summed E-state index contributed by atoms with van der Waals surface area (Å²) in [5.41, 5.74) is 1.21. The number of phenols is 1. The average molecular weight is 405 g/mol. The monoisotopic (exact) mass is 404 g/mol. The average Bonchev–Trinajstić information content (AvgIpc) is 2.38. The van der Waals surface area contributed by atoms with Gasteiger partial charge >= 0.3 is 0 Å². The highest BCUT2D eigenvalue weighted by Crippen LogP contribution is 2.32. The molecule has 2 aromatic carbocycles. The van der Waals surface area contributed by atoms with Gasteiger partial charge in [0.05, 0.1) is 0 Å². The van der Waals surface area contributed by atoms with Crippen molar-refractivity contribution in [2.24, 2.45) is 0 Å². The van der Waals surface area contributed by atoms with Crippen molar-refractivity contribution in [3.8, 4) is 5.75 Å². The van der Waals surface area contributed by atoms with Gasteiger partial charge < -0.3 is 5.11 Å². The van der Waals surface area contributed by atoms with Gasteiger partial charge in [-0.1, -0.05) is 58.1 Å². The van der Waals surface area contributed by atoms with Gasteiger partial charge in [0.25, 0.3) is 0 Å². The van der Waals surface area contributed by atoms with Crippen molar-refractivity contribution in [1.29, 1.82) is 0 Å². The topological polar surface area (TPSA) is 20.2 Å². The molecule has 2 rings (SSSR count). The Hall–Kier alpha value is -0.390. The van der Waals surface area contributed by atoms with Gasteiger partial charge in [0.15, 0.2) is 0 Å². The summed E-state index contributed by atoms with van der Waals surface area (Å²) in [6, 6.07) is 13.4. The van der Waals surface area contributed by atoms with E-state index < -0.39 is 0 Å². The molecule has 0 fully saturated rings. The van der Waals surface area contributed by atoms with Crippen LogP contribution in [-0.2, 0) is 6.42 Å². The van der Waals surface area contributed by atoms with Gasteiger partial charge in [-0.25, -0.2) is 0 Å². The Morgan fingerprint density at radius 1 is 1.11 bits per heavy atom. The molecule has 2 aromatic rings. The molecule has 0 bridgehead atoms. The van der Waals surface area contributed by atoms with E-state index in [2.05, 4.69) is 34.7 Å². The smallest absolute Gasteiger partial charge is 0.116 e. The highest BCUT2D eigenvalue weighted by Gasteiger charge is 2.04. The molecule has 0 aliphatic carbocycles. The largest absolute Gasteiger partial charge is 0.508 e. The maximum Gasteiger partial charge on any atom is 0.116 e. The van der Waals surface area contributed by atoms with E-state index >= 15 is 0 Å². The number of phenolic OH excluding ortho intramolecular Hbond substituents is 1. The molecule has 100 valence electrons. The third-order valence-electron chi connectivity index (χ3n) is 2.66. The van der Waals surface area contributed by atoms with Crippen molar-refractivity contribution in [2.45, 2.75) is 22.6 Å². The molecular weight excluding hydrogens is 391 g/mol. The lowest BCUT2D eigenvalue weighted by molar-refractivity contribution is 0.474. The van der Waals surface area contributed by atoms with E-state index in [0.29, 0.717) is 0 Å². The first kappa shape index (κ1) is 15.0. The molecule has 0 saturated heterocycles. The van der Waals surface area contributed by atoms with E-state index in [4.69, 9.17) is 11.6 Å². The predicted octanol–water partition coefficient (Wildman–Crippen LogP) is 5.56. The third-order valence-corrected chi connectivity index (χ3v) is 4.75. The highest BCUT2D eigenvalue weighted by atomic mass is 127. The van der Waals surface area contributed by atoms with E-state index in [1.165, 1.54) is 5.56 Å². The summed E-state index contributed by atoms with van der Waals surface area (Å²) in [4.78, 5) is 2.10. The molecule has 4 heteroatoms. The Kier molecular flexibility index (Phi) is 5.85. The maximum atomic E-state index is 9.45. The SMILES string of the molecule is Oc1cccc(Sc2ccc(CCCI)c(Cl)c2)c1. The van der Waals surface area contributed by atoms with E-state index in [9.17, 15) is 5.11 Å². The molecule has 0 aromatic heterocycles. The van der Waals surface area contributed by atoms with Crippen LogP contribution in [0, 0.1) is 0 Å². The van der Waals surface area contributed by atoms with Gasteiger partial charge in [-0.3, -0.25) is 0 Å². The normalized spacial score (nSPS) is 10.6. The van der Waals surface area contributed by atoms with Crippen molar-refractivity contribution >= 4 is 46.0 Å². The number of hydrogen-bond acceptors (Lipinski definition) is 2. The van der Waals surface area contributed by atoms with Gasteiger partial charge in [-0.05, 0) is 53.2 Å². The molecule has 0 aliphatic heterocycles. The van der Waals surface area contributed by atoms with E-state index in [1.807, 2.05) is 18.2 Å². The molecule has 0 unspecified atom stereocenters. The molecule has 0 aliphatic rings. The standard InChI is InChI=1S/C15H14ClIOS/c16-15-10-14(7-6-11(15)3-2-8-17)19-13-5-1-4-12(18)9-13/h1,4-7,9-10,18H,2-3,8H2. The lowest BCUT2D eigenvalue weighted by Crippen LogP contribution is -1.88. The molecule has 1 nitrogen and oxygen atoms in total. The van der Waals surface area contributed by atoms with Crippen molar-refractivity contribution in [3.63, 3.8) is 0 Å². The summed E-state index contributed by atoms with van der Waals surface area (Å²) in [6.45, 7) is 0. The summed E-state index contributed by atoms with van der Waals surface area (Å²) in [7, 11) is 0. The van der Waals surface area contributed by atoms with Gasteiger partial charge in [-0.15, -0.1) is 0 Å². The summed E-state index contributed by atoms with van der Waals surface area (Å²) < 4.78 is 1.15. The first-order valence-corrected chi connectivity index (χ1v) is 8.72. The van der Waals surface area contributed by atoms with Crippen LogP contribution >= 0.6 is 46.0 Å². The predicted molar refractivity (Wildman–Crippen MR) is 90.9 cm³/mol. The Balaban J connectivity index is 2.11. The Labute approximate surface area is 136 Å². The highest BCUT2D eigenvalue weighted by molar-refractivity contribution is 14.1. The third kappa shape index (κ3) is 4.58. The second kappa shape index (κ2) is 7.41. The van der Waals surface area contributed by atoms with E-state index in [1.54, 1.807) is 23.9 Å². The molecule has 0 spiro atoms. The summed E-state index contributed by atoms with van der Waals surface area (Å²) in [5.74, 6) is 0.287. The van der Waals surface area contributed by atoms with Gasteiger partial charge in [0.2, 0.25) is 0 Å². The van der Waals surface area contributed by atoms with E-state index in [-0.39, 0.29) is 5.75 Å². The van der Waals surface area contributed by atoms with Crippen molar-refractivity contribution in [2.75, 3.05) is 4.43 Å². The van der Waals surface area contributed by atoms with Crippen LogP contribution in [0.5, 0.6) is 5.75 Å². The number of benzene rings is 2. The second-order valence-electron chi connectivity index (χ2n) is 4.15. The number of rotatable bonds is 5. The number of aromatic hydroxyl groups is 1. The Morgan fingerprint density at radius 2 is 1.89 bits per heavy atom. The molecule has 19 heavy (non-hydrogen) atoms. The lowest BCUT2D eigenvalue weighted by Gasteiger charge is -2.07. The molecule has 0 saturated carbocycles. The number of alkyl halides is 1. The lowest BCUT2D eigenvalue weighted by atomic mass is 10.1. The minimum absolute atomic E-state index is 0.287. The van der Waals surface area contributed by atoms with Crippen molar-refractivity contribution in [3.05, 3.63) is 53.1 Å². The fraction of sp³-hybridized carbons (Fsp3) is 0.200.